The molecule has 0 saturated heterocycles. The number of hydrogen-bond acceptors (Lipinski definition) is 2. The van der Waals surface area contributed by atoms with Gasteiger partial charge in [0.15, 0.2) is 0 Å². The van der Waals surface area contributed by atoms with Gasteiger partial charge in [-0.2, -0.15) is 0 Å². The van der Waals surface area contributed by atoms with Crippen molar-refractivity contribution < 1.29 is 4.39 Å². The summed E-state index contributed by atoms with van der Waals surface area (Å²) in [5.41, 5.74) is 2.41. The van der Waals surface area contributed by atoms with Gasteiger partial charge in [0.05, 0.1) is 16.1 Å². The predicted octanol–water partition coefficient (Wildman–Crippen LogP) is 4.43. The van der Waals surface area contributed by atoms with Gasteiger partial charge in [0.1, 0.15) is 6.67 Å². The van der Waals surface area contributed by atoms with Crippen LogP contribution in [0.5, 0.6) is 0 Å². The third kappa shape index (κ3) is 1.83. The Balaban J connectivity index is 2.28. The molecule has 0 bridgehead atoms. The molecule has 0 saturated carbocycles. The van der Waals surface area contributed by atoms with Crippen molar-refractivity contribution in [3.8, 4) is 10.6 Å². The monoisotopic (exact) mass is 243 g/mol. The molecule has 0 aliphatic carbocycles. The number of nitrogens with zero attached hydrogens (tertiary/aromatic N) is 1. The van der Waals surface area contributed by atoms with Gasteiger partial charge in [0.25, 0.3) is 0 Å². The minimum atomic E-state index is -0.457. The maximum Gasteiger partial charge on any atom is 0.115 e. The Hall–Kier alpha value is -1.74. The zero-order chi connectivity index (χ0) is 11.7. The number of para-hydroxylation sites is 1. The molecule has 0 aliphatic heterocycles. The van der Waals surface area contributed by atoms with Crippen LogP contribution in [0.4, 0.5) is 4.39 Å². The first-order valence-corrected chi connectivity index (χ1v) is 6.25. The SMILES string of the molecule is FCc1cc(-c2cccs2)nc2ccccc12. The number of benzene rings is 1. The van der Waals surface area contributed by atoms with Gasteiger partial charge in [0.2, 0.25) is 0 Å². The minimum Gasteiger partial charge on any atom is -0.247 e. The van der Waals surface area contributed by atoms with E-state index in [2.05, 4.69) is 4.98 Å². The second kappa shape index (κ2) is 4.26. The second-order valence-corrected chi connectivity index (χ2v) is 4.74. The molecule has 0 radical (unpaired) electrons. The highest BCUT2D eigenvalue weighted by Crippen LogP contribution is 2.28. The second-order valence-electron chi connectivity index (χ2n) is 3.79. The summed E-state index contributed by atoms with van der Waals surface area (Å²) in [6.07, 6.45) is 0. The van der Waals surface area contributed by atoms with Crippen molar-refractivity contribution in [2.45, 2.75) is 6.67 Å². The Morgan fingerprint density at radius 1 is 1.12 bits per heavy atom. The van der Waals surface area contributed by atoms with Crippen molar-refractivity contribution in [3.63, 3.8) is 0 Å². The standard InChI is InChI=1S/C14H10FNS/c15-9-10-8-13(14-6-3-7-17-14)16-12-5-2-1-4-11(10)12/h1-8H,9H2. The van der Waals surface area contributed by atoms with Crippen LogP contribution in [0, 0.1) is 0 Å². The molecule has 17 heavy (non-hydrogen) atoms. The van der Waals surface area contributed by atoms with E-state index in [4.69, 9.17) is 0 Å². The molecular weight excluding hydrogens is 233 g/mol. The van der Waals surface area contributed by atoms with Gasteiger partial charge in [-0.05, 0) is 29.1 Å². The van der Waals surface area contributed by atoms with Crippen LogP contribution in [-0.2, 0) is 6.67 Å². The van der Waals surface area contributed by atoms with Crippen molar-refractivity contribution in [2.24, 2.45) is 0 Å². The number of hydrogen-bond donors (Lipinski definition) is 0. The lowest BCUT2D eigenvalue weighted by atomic mass is 10.1. The first kappa shape index (κ1) is 10.4. The Morgan fingerprint density at radius 2 is 2.00 bits per heavy atom. The van der Waals surface area contributed by atoms with Crippen molar-refractivity contribution in [1.82, 2.24) is 4.98 Å². The topological polar surface area (TPSA) is 12.9 Å². The summed E-state index contributed by atoms with van der Waals surface area (Å²) >= 11 is 1.62. The van der Waals surface area contributed by atoms with Crippen LogP contribution >= 0.6 is 11.3 Å². The molecule has 0 amide bonds. The van der Waals surface area contributed by atoms with Crippen LogP contribution in [0.15, 0.2) is 47.8 Å². The van der Waals surface area contributed by atoms with Crippen LogP contribution in [0.1, 0.15) is 5.56 Å². The maximum atomic E-state index is 13.1. The van der Waals surface area contributed by atoms with E-state index in [9.17, 15) is 4.39 Å². The molecule has 0 atom stereocenters. The van der Waals surface area contributed by atoms with Gasteiger partial charge in [0, 0.05) is 5.39 Å². The van der Waals surface area contributed by atoms with Crippen LogP contribution < -0.4 is 0 Å². The van der Waals surface area contributed by atoms with Crippen molar-refractivity contribution >= 4 is 22.2 Å². The van der Waals surface area contributed by atoms with Crippen molar-refractivity contribution in [3.05, 3.63) is 53.4 Å². The lowest BCUT2D eigenvalue weighted by molar-refractivity contribution is 0.488. The number of fused-ring (bicyclic) bond motifs is 1. The van der Waals surface area contributed by atoms with E-state index in [-0.39, 0.29) is 0 Å². The summed E-state index contributed by atoms with van der Waals surface area (Å²) in [6, 6.07) is 13.5. The van der Waals surface area contributed by atoms with Crippen LogP contribution in [-0.4, -0.2) is 4.98 Å². The van der Waals surface area contributed by atoms with E-state index in [0.717, 1.165) is 21.5 Å². The largest absolute Gasteiger partial charge is 0.247 e. The average molecular weight is 243 g/mol. The average Bonchev–Trinajstić information content (AvgIpc) is 2.91. The van der Waals surface area contributed by atoms with Gasteiger partial charge in [-0.3, -0.25) is 0 Å². The number of rotatable bonds is 2. The first-order chi connectivity index (χ1) is 8.38. The van der Waals surface area contributed by atoms with Crippen molar-refractivity contribution in [1.29, 1.82) is 0 Å². The zero-order valence-corrected chi connectivity index (χ0v) is 9.88. The van der Waals surface area contributed by atoms with Crippen LogP contribution in [0.3, 0.4) is 0 Å². The highest BCUT2D eigenvalue weighted by atomic mass is 32.1. The predicted molar refractivity (Wildman–Crippen MR) is 69.9 cm³/mol. The van der Waals surface area contributed by atoms with Gasteiger partial charge >= 0.3 is 0 Å². The number of pyridine rings is 1. The fourth-order valence-corrected chi connectivity index (χ4v) is 2.59. The highest BCUT2D eigenvalue weighted by Gasteiger charge is 2.07. The van der Waals surface area contributed by atoms with E-state index < -0.39 is 6.67 Å². The lowest BCUT2D eigenvalue weighted by Gasteiger charge is -2.05. The molecule has 0 spiro atoms. The summed E-state index contributed by atoms with van der Waals surface area (Å²) in [6.45, 7) is -0.457. The van der Waals surface area contributed by atoms with Gasteiger partial charge < -0.3 is 0 Å². The van der Waals surface area contributed by atoms with E-state index >= 15 is 0 Å². The van der Waals surface area contributed by atoms with E-state index in [1.54, 1.807) is 11.3 Å². The molecule has 0 aliphatic rings. The molecule has 0 N–H and O–H groups in total. The van der Waals surface area contributed by atoms with Crippen LogP contribution in [0.2, 0.25) is 0 Å². The van der Waals surface area contributed by atoms with Gasteiger partial charge in [-0.15, -0.1) is 11.3 Å². The molecule has 1 aromatic carbocycles. The lowest BCUT2D eigenvalue weighted by Crippen LogP contribution is -1.89. The van der Waals surface area contributed by atoms with E-state index in [0.29, 0.717) is 5.56 Å². The summed E-state index contributed by atoms with van der Waals surface area (Å²) in [7, 11) is 0. The Morgan fingerprint density at radius 3 is 2.76 bits per heavy atom. The third-order valence-corrected chi connectivity index (χ3v) is 3.61. The van der Waals surface area contributed by atoms with Gasteiger partial charge in [-0.1, -0.05) is 24.3 Å². The van der Waals surface area contributed by atoms with Crippen molar-refractivity contribution in [2.75, 3.05) is 0 Å². The Kier molecular flexibility index (Phi) is 2.61. The molecule has 3 aromatic rings. The Bertz CT molecular complexity index is 646. The quantitative estimate of drug-likeness (QED) is 0.648. The molecule has 2 heterocycles. The first-order valence-electron chi connectivity index (χ1n) is 5.37. The molecule has 0 fully saturated rings. The van der Waals surface area contributed by atoms with Crippen LogP contribution in [0.25, 0.3) is 21.5 Å². The third-order valence-electron chi connectivity index (χ3n) is 2.72. The number of halogens is 1. The molecule has 84 valence electrons. The smallest absolute Gasteiger partial charge is 0.115 e. The number of aromatic nitrogens is 1. The molecule has 1 nitrogen and oxygen atoms in total. The summed E-state index contributed by atoms with van der Waals surface area (Å²) in [4.78, 5) is 5.64. The molecule has 2 aromatic heterocycles. The zero-order valence-electron chi connectivity index (χ0n) is 9.06. The maximum absolute atomic E-state index is 13.1. The highest BCUT2D eigenvalue weighted by molar-refractivity contribution is 7.13. The van der Waals surface area contributed by atoms with E-state index in [1.165, 1.54) is 0 Å². The molecule has 0 unspecified atom stereocenters. The molecular formula is C14H10FNS. The van der Waals surface area contributed by atoms with Gasteiger partial charge in [-0.25, -0.2) is 9.37 Å². The summed E-state index contributed by atoms with van der Waals surface area (Å²) in [5.74, 6) is 0. The number of alkyl halides is 1. The number of thiophene rings is 1. The Labute approximate surface area is 103 Å². The summed E-state index contributed by atoms with van der Waals surface area (Å²) < 4.78 is 13.1. The fourth-order valence-electron chi connectivity index (χ4n) is 1.91. The fraction of sp³-hybridized carbons (Fsp3) is 0.0714. The molecule has 3 heteroatoms. The molecule has 3 rings (SSSR count). The normalized spacial score (nSPS) is 10.9. The summed E-state index contributed by atoms with van der Waals surface area (Å²) in [5, 5.41) is 2.90. The minimum absolute atomic E-state index is 0.457. The van der Waals surface area contributed by atoms with E-state index in [1.807, 2.05) is 47.8 Å².